The summed E-state index contributed by atoms with van der Waals surface area (Å²) >= 11 is 0. The van der Waals surface area contributed by atoms with Gasteiger partial charge in [-0.2, -0.15) is 13.5 Å². The Morgan fingerprint density at radius 2 is 1.57 bits per heavy atom. The van der Waals surface area contributed by atoms with Crippen molar-refractivity contribution in [2.45, 2.75) is 64.2 Å². The average molecular weight is 310 g/mol. The first-order chi connectivity index (χ1) is 9.99. The average Bonchev–Trinajstić information content (AvgIpc) is 2.47. The molecule has 0 aliphatic rings. The lowest BCUT2D eigenvalue weighted by atomic mass is 10.1. The van der Waals surface area contributed by atoms with Crippen molar-refractivity contribution in [1.29, 1.82) is 0 Å². The standard InChI is InChI=1S/C16H26N2O2S/c1-4-6-8-15(9-7-5-2)17-18-21(19,20)16-12-10-14(3)11-13-16/h10-13,18H,4-9H2,1-3H3. The molecule has 0 saturated heterocycles. The summed E-state index contributed by atoms with van der Waals surface area (Å²) in [4.78, 5) is 2.62. The van der Waals surface area contributed by atoms with Crippen molar-refractivity contribution in [2.75, 3.05) is 0 Å². The summed E-state index contributed by atoms with van der Waals surface area (Å²) in [6.45, 7) is 6.16. The first kappa shape index (κ1) is 17.7. The summed E-state index contributed by atoms with van der Waals surface area (Å²) in [5.74, 6) is 0. The normalized spacial score (nSPS) is 11.2. The fourth-order valence-electron chi connectivity index (χ4n) is 1.89. The molecule has 0 atom stereocenters. The van der Waals surface area contributed by atoms with Crippen LogP contribution in [0.25, 0.3) is 0 Å². The van der Waals surface area contributed by atoms with Crippen LogP contribution in [-0.4, -0.2) is 14.1 Å². The van der Waals surface area contributed by atoms with Crippen LogP contribution in [0.1, 0.15) is 57.9 Å². The summed E-state index contributed by atoms with van der Waals surface area (Å²) < 4.78 is 24.4. The minimum absolute atomic E-state index is 0.252. The maximum Gasteiger partial charge on any atom is 0.276 e. The number of nitrogens with zero attached hydrogens (tertiary/aromatic N) is 1. The molecule has 1 aromatic carbocycles. The van der Waals surface area contributed by atoms with Gasteiger partial charge in [-0.1, -0.05) is 44.4 Å². The monoisotopic (exact) mass is 310 g/mol. The van der Waals surface area contributed by atoms with Crippen LogP contribution in [0.3, 0.4) is 0 Å². The van der Waals surface area contributed by atoms with E-state index >= 15 is 0 Å². The number of hydrogen-bond acceptors (Lipinski definition) is 3. The lowest BCUT2D eigenvalue weighted by molar-refractivity contribution is 0.584. The van der Waals surface area contributed by atoms with E-state index in [0.717, 1.165) is 49.8 Å². The molecule has 5 heteroatoms. The van der Waals surface area contributed by atoms with E-state index in [2.05, 4.69) is 23.8 Å². The highest BCUT2D eigenvalue weighted by Gasteiger charge is 2.12. The van der Waals surface area contributed by atoms with Gasteiger partial charge in [0.25, 0.3) is 10.0 Å². The lowest BCUT2D eigenvalue weighted by Gasteiger charge is -2.08. The number of aryl methyl sites for hydroxylation is 1. The van der Waals surface area contributed by atoms with Crippen molar-refractivity contribution < 1.29 is 8.42 Å². The SMILES string of the molecule is CCCCC(CCCC)=NNS(=O)(=O)c1ccc(C)cc1. The minimum atomic E-state index is -3.56. The molecular weight excluding hydrogens is 284 g/mol. The predicted molar refractivity (Wildman–Crippen MR) is 88.0 cm³/mol. The zero-order valence-electron chi connectivity index (χ0n) is 13.2. The summed E-state index contributed by atoms with van der Waals surface area (Å²) in [5, 5.41) is 4.15. The molecule has 21 heavy (non-hydrogen) atoms. The summed E-state index contributed by atoms with van der Waals surface area (Å²) in [5.41, 5.74) is 1.97. The summed E-state index contributed by atoms with van der Waals surface area (Å²) in [7, 11) is -3.56. The molecule has 0 radical (unpaired) electrons. The van der Waals surface area contributed by atoms with Crippen LogP contribution in [0.4, 0.5) is 0 Å². The fraction of sp³-hybridized carbons (Fsp3) is 0.562. The van der Waals surface area contributed by atoms with Gasteiger partial charge in [-0.3, -0.25) is 0 Å². The van der Waals surface area contributed by atoms with Crippen LogP contribution in [-0.2, 0) is 10.0 Å². The molecule has 0 heterocycles. The van der Waals surface area contributed by atoms with Gasteiger partial charge in [-0.05, 0) is 44.7 Å². The van der Waals surface area contributed by atoms with Gasteiger partial charge in [0.2, 0.25) is 0 Å². The van der Waals surface area contributed by atoms with Gasteiger partial charge in [0, 0.05) is 5.71 Å². The van der Waals surface area contributed by atoms with E-state index in [4.69, 9.17) is 0 Å². The second kappa shape index (κ2) is 8.82. The molecule has 0 spiro atoms. The van der Waals surface area contributed by atoms with Crippen molar-refractivity contribution in [1.82, 2.24) is 4.83 Å². The number of nitrogens with one attached hydrogen (secondary N) is 1. The third-order valence-electron chi connectivity index (χ3n) is 3.29. The molecule has 0 aromatic heterocycles. The Morgan fingerprint density at radius 3 is 2.05 bits per heavy atom. The third kappa shape index (κ3) is 6.29. The predicted octanol–water partition coefficient (Wildman–Crippen LogP) is 4.01. The van der Waals surface area contributed by atoms with Gasteiger partial charge < -0.3 is 0 Å². The minimum Gasteiger partial charge on any atom is -0.200 e. The van der Waals surface area contributed by atoms with Crippen LogP contribution < -0.4 is 4.83 Å². The van der Waals surface area contributed by atoms with Gasteiger partial charge in [0.05, 0.1) is 4.90 Å². The molecule has 1 rings (SSSR count). The van der Waals surface area contributed by atoms with Crippen molar-refractivity contribution in [3.8, 4) is 0 Å². The smallest absolute Gasteiger partial charge is 0.200 e. The third-order valence-corrected chi connectivity index (χ3v) is 4.52. The van der Waals surface area contributed by atoms with Crippen LogP contribution in [0.5, 0.6) is 0 Å². The Hall–Kier alpha value is -1.36. The number of unbranched alkanes of at least 4 members (excludes halogenated alkanes) is 2. The Balaban J connectivity index is 2.78. The van der Waals surface area contributed by atoms with E-state index in [1.165, 1.54) is 0 Å². The largest absolute Gasteiger partial charge is 0.276 e. The maximum absolute atomic E-state index is 12.2. The molecule has 4 nitrogen and oxygen atoms in total. The Kier molecular flexibility index (Phi) is 7.43. The van der Waals surface area contributed by atoms with E-state index in [-0.39, 0.29) is 4.90 Å². The van der Waals surface area contributed by atoms with Crippen LogP contribution in [0.2, 0.25) is 0 Å². The molecule has 1 N–H and O–H groups in total. The summed E-state index contributed by atoms with van der Waals surface area (Å²) in [6.07, 6.45) is 5.94. The number of rotatable bonds is 9. The topological polar surface area (TPSA) is 58.5 Å². The highest BCUT2D eigenvalue weighted by molar-refractivity contribution is 7.89. The van der Waals surface area contributed by atoms with Crippen LogP contribution >= 0.6 is 0 Å². The highest BCUT2D eigenvalue weighted by atomic mass is 32.2. The Labute approximate surface area is 128 Å². The van der Waals surface area contributed by atoms with Gasteiger partial charge in [-0.15, -0.1) is 0 Å². The zero-order chi connectivity index (χ0) is 15.7. The molecule has 0 amide bonds. The molecule has 0 fully saturated rings. The van der Waals surface area contributed by atoms with Gasteiger partial charge >= 0.3 is 0 Å². The van der Waals surface area contributed by atoms with Crippen molar-refractivity contribution in [2.24, 2.45) is 5.10 Å². The molecule has 0 aliphatic heterocycles. The van der Waals surface area contributed by atoms with Gasteiger partial charge in [0.1, 0.15) is 0 Å². The second-order valence-corrected chi connectivity index (χ2v) is 6.95. The van der Waals surface area contributed by atoms with Crippen molar-refractivity contribution >= 4 is 15.7 Å². The Bertz CT molecular complexity index is 538. The second-order valence-electron chi connectivity index (χ2n) is 5.29. The van der Waals surface area contributed by atoms with Crippen molar-refractivity contribution in [3.63, 3.8) is 0 Å². The first-order valence-electron chi connectivity index (χ1n) is 7.63. The molecular formula is C16H26N2O2S. The van der Waals surface area contributed by atoms with Crippen LogP contribution in [0, 0.1) is 6.92 Å². The van der Waals surface area contributed by atoms with Gasteiger partial charge in [0.15, 0.2) is 0 Å². The number of hydrogen-bond donors (Lipinski definition) is 1. The number of sulfonamides is 1. The van der Waals surface area contributed by atoms with E-state index < -0.39 is 10.0 Å². The maximum atomic E-state index is 12.2. The quantitative estimate of drug-likeness (QED) is 0.553. The molecule has 0 saturated carbocycles. The highest BCUT2D eigenvalue weighted by Crippen LogP contribution is 2.11. The fourth-order valence-corrected chi connectivity index (χ4v) is 2.74. The number of benzene rings is 1. The van der Waals surface area contributed by atoms with Crippen LogP contribution in [0.15, 0.2) is 34.3 Å². The van der Waals surface area contributed by atoms with Gasteiger partial charge in [-0.25, -0.2) is 4.83 Å². The Morgan fingerprint density at radius 1 is 1.05 bits per heavy atom. The first-order valence-corrected chi connectivity index (χ1v) is 9.11. The molecule has 0 unspecified atom stereocenters. The van der Waals surface area contributed by atoms with E-state index in [9.17, 15) is 8.42 Å². The molecule has 0 aliphatic carbocycles. The molecule has 1 aromatic rings. The molecule has 118 valence electrons. The van der Waals surface area contributed by atoms with Crippen molar-refractivity contribution in [3.05, 3.63) is 29.8 Å². The van der Waals surface area contributed by atoms with E-state index in [1.807, 2.05) is 6.92 Å². The molecule has 0 bridgehead atoms. The van der Waals surface area contributed by atoms with E-state index in [0.29, 0.717) is 0 Å². The van der Waals surface area contributed by atoms with E-state index in [1.54, 1.807) is 24.3 Å². The number of hydrazone groups is 1. The summed E-state index contributed by atoms with van der Waals surface area (Å²) in [6, 6.07) is 6.77. The lowest BCUT2D eigenvalue weighted by Crippen LogP contribution is -2.20. The zero-order valence-corrected chi connectivity index (χ0v) is 14.0.